The van der Waals surface area contributed by atoms with Gasteiger partial charge < -0.3 is 20.5 Å². The Bertz CT molecular complexity index is 396. The van der Waals surface area contributed by atoms with Crippen molar-refractivity contribution in [1.82, 2.24) is 5.32 Å². The normalized spacial score (nSPS) is 11.7. The van der Waals surface area contributed by atoms with Gasteiger partial charge >= 0.3 is 0 Å². The average molecular weight is 303 g/mol. The van der Waals surface area contributed by atoms with Gasteiger partial charge in [-0.05, 0) is 31.5 Å². The van der Waals surface area contributed by atoms with Crippen LogP contribution in [0, 0.1) is 0 Å². The molecule has 114 valence electrons. The zero-order valence-corrected chi connectivity index (χ0v) is 12.9. The lowest BCUT2D eigenvalue weighted by Gasteiger charge is -2.12. The SMILES string of the molecule is COCC(N)C(=O)NCc1ccc(OC(C)C)cc1.Cl. The van der Waals surface area contributed by atoms with Crippen molar-refractivity contribution < 1.29 is 14.3 Å². The molecule has 0 heterocycles. The van der Waals surface area contributed by atoms with Gasteiger partial charge in [0.2, 0.25) is 5.91 Å². The Morgan fingerprint density at radius 1 is 1.30 bits per heavy atom. The fourth-order valence-electron chi connectivity index (χ4n) is 1.53. The van der Waals surface area contributed by atoms with E-state index in [1.165, 1.54) is 7.11 Å². The number of hydrogen-bond donors (Lipinski definition) is 2. The molecule has 3 N–H and O–H groups in total. The molecule has 5 nitrogen and oxygen atoms in total. The third-order valence-corrected chi connectivity index (χ3v) is 2.44. The number of halogens is 1. The minimum absolute atomic E-state index is 0. The maximum absolute atomic E-state index is 11.6. The number of nitrogens with one attached hydrogen (secondary N) is 1. The summed E-state index contributed by atoms with van der Waals surface area (Å²) in [4.78, 5) is 11.6. The molecule has 0 fully saturated rings. The molecule has 1 atom stereocenters. The second kappa shape index (κ2) is 9.58. The summed E-state index contributed by atoms with van der Waals surface area (Å²) >= 11 is 0. The number of rotatable bonds is 7. The van der Waals surface area contributed by atoms with Crippen LogP contribution in [0.25, 0.3) is 0 Å². The van der Waals surface area contributed by atoms with Gasteiger partial charge in [-0.3, -0.25) is 4.79 Å². The Kier molecular flexibility index (Phi) is 8.96. The third kappa shape index (κ3) is 6.75. The standard InChI is InChI=1S/C14H22N2O3.ClH/c1-10(2)19-12-6-4-11(5-7-12)8-16-14(17)13(15)9-18-3;/h4-7,10,13H,8-9,15H2,1-3H3,(H,16,17);1H. The van der Waals surface area contributed by atoms with Crippen molar-refractivity contribution in [2.75, 3.05) is 13.7 Å². The molecule has 0 radical (unpaired) electrons. The second-order valence-electron chi connectivity index (χ2n) is 4.59. The van der Waals surface area contributed by atoms with Crippen LogP contribution in [-0.4, -0.2) is 31.8 Å². The van der Waals surface area contributed by atoms with E-state index in [0.717, 1.165) is 11.3 Å². The number of methoxy groups -OCH3 is 1. The number of carbonyl (C=O) groups excluding carboxylic acids is 1. The van der Waals surface area contributed by atoms with Gasteiger partial charge in [-0.25, -0.2) is 0 Å². The molecule has 1 aromatic rings. The van der Waals surface area contributed by atoms with Crippen LogP contribution < -0.4 is 15.8 Å². The van der Waals surface area contributed by atoms with Crippen LogP contribution >= 0.6 is 12.4 Å². The fraction of sp³-hybridized carbons (Fsp3) is 0.500. The van der Waals surface area contributed by atoms with E-state index < -0.39 is 6.04 Å². The molecule has 0 bridgehead atoms. The van der Waals surface area contributed by atoms with E-state index >= 15 is 0 Å². The predicted octanol–water partition coefficient (Wildman–Crippen LogP) is 1.49. The lowest BCUT2D eigenvalue weighted by molar-refractivity contribution is -0.123. The number of nitrogens with two attached hydrogens (primary N) is 1. The zero-order valence-electron chi connectivity index (χ0n) is 12.1. The molecule has 6 heteroatoms. The zero-order chi connectivity index (χ0) is 14.3. The summed E-state index contributed by atoms with van der Waals surface area (Å²) in [5, 5.41) is 2.76. The molecular formula is C14H23ClN2O3. The molecule has 1 unspecified atom stereocenters. The van der Waals surface area contributed by atoms with Crippen LogP contribution in [0.1, 0.15) is 19.4 Å². The van der Waals surface area contributed by atoms with Crippen LogP contribution in [0.2, 0.25) is 0 Å². The highest BCUT2D eigenvalue weighted by atomic mass is 35.5. The van der Waals surface area contributed by atoms with Crippen molar-refractivity contribution in [2.45, 2.75) is 32.5 Å². The van der Waals surface area contributed by atoms with Crippen molar-refractivity contribution in [3.05, 3.63) is 29.8 Å². The highest BCUT2D eigenvalue weighted by Gasteiger charge is 2.12. The van der Waals surface area contributed by atoms with Gasteiger partial charge in [0, 0.05) is 13.7 Å². The third-order valence-electron chi connectivity index (χ3n) is 2.44. The van der Waals surface area contributed by atoms with Crippen molar-refractivity contribution >= 4 is 18.3 Å². The lowest BCUT2D eigenvalue weighted by atomic mass is 10.2. The first-order chi connectivity index (χ1) is 9.02. The number of hydrogen-bond acceptors (Lipinski definition) is 4. The van der Waals surface area contributed by atoms with Gasteiger partial charge in [0.1, 0.15) is 11.8 Å². The maximum Gasteiger partial charge on any atom is 0.239 e. The van der Waals surface area contributed by atoms with E-state index in [0.29, 0.717) is 6.54 Å². The summed E-state index contributed by atoms with van der Waals surface area (Å²) in [6, 6.07) is 6.97. The Morgan fingerprint density at radius 3 is 2.40 bits per heavy atom. The van der Waals surface area contributed by atoms with Gasteiger partial charge in [0.05, 0.1) is 12.7 Å². The quantitative estimate of drug-likeness (QED) is 0.800. The minimum atomic E-state index is -0.631. The average Bonchev–Trinajstić information content (AvgIpc) is 2.37. The van der Waals surface area contributed by atoms with Gasteiger partial charge in [-0.1, -0.05) is 12.1 Å². The highest BCUT2D eigenvalue weighted by molar-refractivity contribution is 5.85. The van der Waals surface area contributed by atoms with Gasteiger partial charge in [0.15, 0.2) is 0 Å². The van der Waals surface area contributed by atoms with Crippen molar-refractivity contribution in [2.24, 2.45) is 5.73 Å². The molecule has 0 aliphatic rings. The largest absolute Gasteiger partial charge is 0.491 e. The first-order valence-electron chi connectivity index (χ1n) is 6.30. The van der Waals surface area contributed by atoms with E-state index in [1.807, 2.05) is 38.1 Å². The molecule has 1 rings (SSSR count). The summed E-state index contributed by atoms with van der Waals surface area (Å²) in [6.07, 6.45) is 0.151. The molecule has 0 saturated heterocycles. The summed E-state index contributed by atoms with van der Waals surface area (Å²) in [7, 11) is 1.51. The highest BCUT2D eigenvalue weighted by Crippen LogP contribution is 2.13. The summed E-state index contributed by atoms with van der Waals surface area (Å²) in [6.45, 7) is 4.61. The smallest absolute Gasteiger partial charge is 0.239 e. The Morgan fingerprint density at radius 2 is 1.90 bits per heavy atom. The topological polar surface area (TPSA) is 73.6 Å². The van der Waals surface area contributed by atoms with Crippen LogP contribution in [0.15, 0.2) is 24.3 Å². The van der Waals surface area contributed by atoms with Crippen molar-refractivity contribution in [3.63, 3.8) is 0 Å². The van der Waals surface area contributed by atoms with E-state index in [1.54, 1.807) is 0 Å². The minimum Gasteiger partial charge on any atom is -0.491 e. The number of benzene rings is 1. The fourth-order valence-corrected chi connectivity index (χ4v) is 1.53. The summed E-state index contributed by atoms with van der Waals surface area (Å²) < 4.78 is 10.4. The Balaban J connectivity index is 0.00000361. The van der Waals surface area contributed by atoms with Crippen LogP contribution in [-0.2, 0) is 16.1 Å². The van der Waals surface area contributed by atoms with Crippen LogP contribution in [0.3, 0.4) is 0 Å². The molecule has 0 spiro atoms. The van der Waals surface area contributed by atoms with Gasteiger partial charge in [-0.15, -0.1) is 12.4 Å². The molecule has 0 aromatic heterocycles. The summed E-state index contributed by atoms with van der Waals surface area (Å²) in [5.41, 5.74) is 6.61. The molecule has 1 aromatic carbocycles. The number of carbonyl (C=O) groups is 1. The molecule has 0 aliphatic carbocycles. The van der Waals surface area contributed by atoms with Gasteiger partial charge in [-0.2, -0.15) is 0 Å². The molecule has 1 amide bonds. The first kappa shape index (κ1) is 18.7. The van der Waals surface area contributed by atoms with Crippen molar-refractivity contribution in [1.29, 1.82) is 0 Å². The monoisotopic (exact) mass is 302 g/mol. The number of amides is 1. The Labute approximate surface area is 126 Å². The number of ether oxygens (including phenoxy) is 2. The van der Waals surface area contributed by atoms with E-state index in [9.17, 15) is 4.79 Å². The maximum atomic E-state index is 11.6. The second-order valence-corrected chi connectivity index (χ2v) is 4.59. The first-order valence-corrected chi connectivity index (χ1v) is 6.30. The van der Waals surface area contributed by atoms with Gasteiger partial charge in [0.25, 0.3) is 0 Å². The molecular weight excluding hydrogens is 280 g/mol. The Hall–Kier alpha value is -1.30. The van der Waals surface area contributed by atoms with Crippen LogP contribution in [0.4, 0.5) is 0 Å². The van der Waals surface area contributed by atoms with E-state index in [2.05, 4.69) is 5.32 Å². The van der Waals surface area contributed by atoms with Crippen LogP contribution in [0.5, 0.6) is 5.75 Å². The van der Waals surface area contributed by atoms with E-state index in [-0.39, 0.29) is 31.0 Å². The summed E-state index contributed by atoms with van der Waals surface area (Å²) in [5.74, 6) is 0.602. The van der Waals surface area contributed by atoms with Crippen molar-refractivity contribution in [3.8, 4) is 5.75 Å². The predicted molar refractivity (Wildman–Crippen MR) is 81.2 cm³/mol. The molecule has 0 saturated carbocycles. The van der Waals surface area contributed by atoms with E-state index in [4.69, 9.17) is 15.2 Å². The molecule has 0 aliphatic heterocycles. The molecule has 20 heavy (non-hydrogen) atoms. The lowest BCUT2D eigenvalue weighted by Crippen LogP contribution is -2.43.